The first-order chi connectivity index (χ1) is 28.2. The number of rotatable bonds is 11. The molecule has 1 rings (SSSR count). The fourth-order valence-electron chi connectivity index (χ4n) is 6.38. The normalized spacial score (nSPS) is 28.8. The molecule has 0 fully saturated rings. The highest BCUT2D eigenvalue weighted by Crippen LogP contribution is 2.36. The predicted octanol–water partition coefficient (Wildman–Crippen LogP) is -2.02. The minimum absolute atomic E-state index is 0.0495. The molecular formula is C37H62N7O16P. The molecular weight excluding hydrogens is 829 g/mol. The van der Waals surface area contributed by atoms with Gasteiger partial charge >= 0.3 is 19.9 Å². The van der Waals surface area contributed by atoms with Crippen molar-refractivity contribution < 1.29 is 76.9 Å². The van der Waals surface area contributed by atoms with Gasteiger partial charge < -0.3 is 67.1 Å². The molecule has 0 bridgehead atoms. The average Bonchev–Trinajstić information content (AvgIpc) is 3.16. The maximum atomic E-state index is 14.1. The van der Waals surface area contributed by atoms with Crippen LogP contribution >= 0.6 is 7.82 Å². The lowest BCUT2D eigenvalue weighted by molar-refractivity contribution is -0.169. The number of allylic oxidation sites excluding steroid dienone is 2. The van der Waals surface area contributed by atoms with Crippen molar-refractivity contribution in [2.75, 3.05) is 20.2 Å². The van der Waals surface area contributed by atoms with Crippen LogP contribution in [0.2, 0.25) is 0 Å². The maximum absolute atomic E-state index is 14.1. The number of hydrogen-bond acceptors (Lipinski definition) is 14. The van der Waals surface area contributed by atoms with E-state index in [0.717, 1.165) is 31.9 Å². The number of amides is 7. The molecule has 12 N–H and O–H groups in total. The highest BCUT2D eigenvalue weighted by atomic mass is 31.2. The molecule has 0 saturated carbocycles. The van der Waals surface area contributed by atoms with Gasteiger partial charge in [0.2, 0.25) is 29.5 Å². The third-order valence-corrected chi connectivity index (χ3v) is 10.4. The Balaban J connectivity index is 3.94. The van der Waals surface area contributed by atoms with Crippen LogP contribution < -0.4 is 32.7 Å². The number of carbonyl (C=O) groups is 8. The number of aliphatic hydroxyl groups excluding tert-OH is 2. The summed E-state index contributed by atoms with van der Waals surface area (Å²) < 4.78 is 27.2. The van der Waals surface area contributed by atoms with Gasteiger partial charge in [0, 0.05) is 19.0 Å². The number of phosphoric acid groups is 1. The number of ether oxygens (including phenoxy) is 2. The Morgan fingerprint density at radius 1 is 0.951 bits per heavy atom. The van der Waals surface area contributed by atoms with Crippen LogP contribution in [-0.2, 0) is 52.1 Å². The van der Waals surface area contributed by atoms with Crippen molar-refractivity contribution in [1.82, 2.24) is 26.2 Å². The Hall–Kier alpha value is -4.93. The number of phosphoric ester groups is 1. The second-order valence-electron chi connectivity index (χ2n) is 15.2. The monoisotopic (exact) mass is 891 g/mol. The number of hydrogen-bond donors (Lipinski definition) is 10. The van der Waals surface area contributed by atoms with E-state index < -0.39 is 135 Å². The van der Waals surface area contributed by atoms with E-state index in [0.29, 0.717) is 12.8 Å². The van der Waals surface area contributed by atoms with Gasteiger partial charge in [-0.15, -0.1) is 0 Å². The fraction of sp³-hybridized carbons (Fsp3) is 0.676. The smallest absolute Gasteiger partial charge is 0.460 e. The van der Waals surface area contributed by atoms with E-state index in [-0.39, 0.29) is 12.3 Å². The Morgan fingerprint density at radius 3 is 2.08 bits per heavy atom. The van der Waals surface area contributed by atoms with Gasteiger partial charge in [-0.25, -0.2) is 14.2 Å². The topological polar surface area (TPSA) is 366 Å². The molecule has 0 aromatic heterocycles. The highest BCUT2D eigenvalue weighted by molar-refractivity contribution is 7.46. The molecule has 1 heterocycles. The summed E-state index contributed by atoms with van der Waals surface area (Å²) >= 11 is 0. The molecule has 0 aliphatic carbocycles. The van der Waals surface area contributed by atoms with E-state index in [1.54, 1.807) is 26.8 Å². The second-order valence-corrected chi connectivity index (χ2v) is 16.4. The van der Waals surface area contributed by atoms with Crippen LogP contribution in [0.15, 0.2) is 24.3 Å². The van der Waals surface area contributed by atoms with Crippen LogP contribution in [0.1, 0.15) is 67.7 Å². The Labute approximate surface area is 353 Å². The molecule has 0 aromatic rings. The summed E-state index contributed by atoms with van der Waals surface area (Å²) in [7, 11) is -4.17. The summed E-state index contributed by atoms with van der Waals surface area (Å²) in [5.41, 5.74) is 10.6. The molecule has 1 aliphatic rings. The molecule has 7 amide bonds. The first kappa shape index (κ1) is 54.1. The van der Waals surface area contributed by atoms with Crippen molar-refractivity contribution in [2.24, 2.45) is 35.1 Å². The largest absolute Gasteiger partial charge is 0.469 e. The molecule has 23 nitrogen and oxygen atoms in total. The van der Waals surface area contributed by atoms with Crippen LogP contribution in [0.5, 0.6) is 0 Å². The van der Waals surface area contributed by atoms with E-state index in [9.17, 15) is 62.9 Å². The number of primary amides is 2. The van der Waals surface area contributed by atoms with Gasteiger partial charge in [-0.05, 0) is 31.6 Å². The van der Waals surface area contributed by atoms with E-state index in [1.807, 2.05) is 13.8 Å². The van der Waals surface area contributed by atoms with E-state index in [4.69, 9.17) is 20.9 Å². The third kappa shape index (κ3) is 17.9. The maximum Gasteiger partial charge on any atom is 0.469 e. The number of nitrogens with one attached hydrogen (secondary N) is 4. The second kappa shape index (κ2) is 25.1. The predicted molar refractivity (Wildman–Crippen MR) is 215 cm³/mol. The van der Waals surface area contributed by atoms with Gasteiger partial charge in [0.1, 0.15) is 42.5 Å². The lowest BCUT2D eigenvalue weighted by Gasteiger charge is -2.37. The zero-order valence-electron chi connectivity index (χ0n) is 35.5. The molecule has 24 heteroatoms. The van der Waals surface area contributed by atoms with Crippen molar-refractivity contribution in [2.45, 2.75) is 116 Å². The fourth-order valence-corrected chi connectivity index (χ4v) is 6.72. The quantitative estimate of drug-likeness (QED) is 0.0790. The summed E-state index contributed by atoms with van der Waals surface area (Å²) in [4.78, 5) is 125. The highest BCUT2D eigenvalue weighted by Gasteiger charge is 2.42. The van der Waals surface area contributed by atoms with Gasteiger partial charge in [0.15, 0.2) is 0 Å². The van der Waals surface area contributed by atoms with Crippen molar-refractivity contribution in [3.63, 3.8) is 0 Å². The summed E-state index contributed by atoms with van der Waals surface area (Å²) in [6.45, 7) is 8.85. The van der Waals surface area contributed by atoms with Crippen LogP contribution in [-0.4, -0.2) is 141 Å². The Morgan fingerprint density at radius 2 is 1.54 bits per heavy atom. The zero-order valence-corrected chi connectivity index (χ0v) is 36.4. The summed E-state index contributed by atoms with van der Waals surface area (Å²) in [5.74, 6) is -11.2. The van der Waals surface area contributed by atoms with Crippen molar-refractivity contribution in [3.05, 3.63) is 24.3 Å². The molecule has 1 aliphatic heterocycles. The van der Waals surface area contributed by atoms with Gasteiger partial charge in [0.25, 0.3) is 5.91 Å². The molecule has 1 unspecified atom stereocenters. The third-order valence-electron chi connectivity index (χ3n) is 9.87. The van der Waals surface area contributed by atoms with Crippen LogP contribution in [0, 0.1) is 23.7 Å². The molecule has 11 atom stereocenters. The zero-order chi connectivity index (χ0) is 46.9. The van der Waals surface area contributed by atoms with Crippen molar-refractivity contribution in [1.29, 1.82) is 0 Å². The van der Waals surface area contributed by atoms with E-state index >= 15 is 0 Å². The Kier molecular flexibility index (Phi) is 22.3. The number of β-amino-alcohol motifs (C(OH)–C–C–N with tert-alkyl or cyclic N) is 1. The number of esters is 1. The van der Waals surface area contributed by atoms with E-state index in [2.05, 4.69) is 25.8 Å². The van der Waals surface area contributed by atoms with Crippen LogP contribution in [0.3, 0.4) is 0 Å². The van der Waals surface area contributed by atoms with Crippen molar-refractivity contribution in [3.8, 4) is 0 Å². The van der Waals surface area contributed by atoms with Gasteiger partial charge in [-0.2, -0.15) is 0 Å². The average molecular weight is 892 g/mol. The molecule has 346 valence electrons. The number of cyclic esters (lactones) is 1. The van der Waals surface area contributed by atoms with E-state index in [1.165, 1.54) is 12.2 Å². The lowest BCUT2D eigenvalue weighted by Crippen LogP contribution is -2.63. The minimum Gasteiger partial charge on any atom is -0.460 e. The van der Waals surface area contributed by atoms with Crippen LogP contribution in [0.25, 0.3) is 0 Å². The molecule has 0 aromatic carbocycles. The number of likely N-dealkylation sites (N-methyl/N-ethyl adjacent to an activating group) is 1. The standard InChI is InChI=1S/C37H62N7O16P/c1-9-13-19(4)30-20(5)24(45)14-11-10-12-15-26(47)40-16-25(46)32(49)43-28(22(7)59-37(39)54)34(51)42-27(21(6)31(38)48)33(50)41-23(17-58-61(55,56)57)35(52)44(8)29(18(2)3)36(53)60-30/h10-12,15,18-25,27-30,45-46H,9,13-14,16-17H2,1-8H3,(H2,38,48)(H2,39,54)(H,40,47)(H,41,50)(H,42,51)(H,43,49)(H2,55,56,57)/b11-10+,15-12+/t19-,20-,21+,22?,23+,24+,25-,27+,28-,29+,30+/m1/s1. The first-order valence-electron chi connectivity index (χ1n) is 19.5. The first-order valence-corrected chi connectivity index (χ1v) is 21.1. The van der Waals surface area contributed by atoms with Crippen LogP contribution in [0.4, 0.5) is 4.79 Å². The van der Waals surface area contributed by atoms with Crippen molar-refractivity contribution >= 4 is 55.3 Å². The number of nitrogens with zero attached hydrogens (tertiary/aromatic N) is 1. The number of nitrogens with two attached hydrogens (primary N) is 2. The van der Waals surface area contributed by atoms with Gasteiger partial charge in [-0.1, -0.05) is 66.2 Å². The molecule has 61 heavy (non-hydrogen) atoms. The molecule has 0 radical (unpaired) electrons. The van der Waals surface area contributed by atoms with Gasteiger partial charge in [0.05, 0.1) is 25.2 Å². The molecule has 0 saturated heterocycles. The lowest BCUT2D eigenvalue weighted by atomic mass is 9.85. The number of aliphatic hydroxyl groups is 2. The summed E-state index contributed by atoms with van der Waals surface area (Å²) in [6, 6.07) is -7.40. The Bertz CT molecular complexity index is 1670. The minimum atomic E-state index is -5.33. The van der Waals surface area contributed by atoms with Gasteiger partial charge in [-0.3, -0.25) is 33.3 Å². The summed E-state index contributed by atoms with van der Waals surface area (Å²) in [5, 5.41) is 30.4. The number of carbonyl (C=O) groups excluding carboxylic acids is 8. The SMILES string of the molecule is CCC[C@@H](C)[C@@H]1OC(=O)[C@H](C(C)C)N(C)C(=O)[C@H](COP(=O)(O)O)NC(=O)[C@H]([C@H](C)C(N)=O)NC(=O)[C@@H](C(C)OC(N)=O)NC(=O)[C@H](O)CNC(=O)/C=C/C=C/C[C@H](O)[C@H]1C. The summed E-state index contributed by atoms with van der Waals surface area (Å²) in [6.07, 6.45) is -0.290. The molecule has 0 spiro atoms.